The minimum atomic E-state index is -0.152. The molecule has 192 valence electrons. The average molecular weight is 509 g/mol. The van der Waals surface area contributed by atoms with E-state index in [1.54, 1.807) is 31.9 Å². The molecule has 0 unspecified atom stereocenters. The first-order valence-electron chi connectivity index (χ1n) is 12.3. The molecule has 2 aromatic heterocycles. The number of rotatable bonds is 11. The van der Waals surface area contributed by atoms with Crippen molar-refractivity contribution in [3.8, 4) is 22.9 Å². The summed E-state index contributed by atoms with van der Waals surface area (Å²) in [6, 6.07) is 24.7. The number of pyridine rings is 1. The highest BCUT2D eigenvalue weighted by molar-refractivity contribution is 5.97. The third kappa shape index (κ3) is 6.10. The molecule has 0 aliphatic carbocycles. The van der Waals surface area contributed by atoms with Crippen molar-refractivity contribution in [2.24, 2.45) is 0 Å². The van der Waals surface area contributed by atoms with E-state index in [2.05, 4.69) is 15.3 Å². The first-order valence-corrected chi connectivity index (χ1v) is 12.3. The van der Waals surface area contributed by atoms with E-state index in [0.29, 0.717) is 25.3 Å². The second kappa shape index (κ2) is 11.9. The molecule has 1 amide bonds. The van der Waals surface area contributed by atoms with E-state index < -0.39 is 0 Å². The largest absolute Gasteiger partial charge is 0.497 e. The van der Waals surface area contributed by atoms with Gasteiger partial charge in [-0.3, -0.25) is 14.3 Å². The van der Waals surface area contributed by atoms with Crippen molar-refractivity contribution in [1.29, 1.82) is 0 Å². The van der Waals surface area contributed by atoms with Crippen molar-refractivity contribution in [2.75, 3.05) is 20.3 Å². The summed E-state index contributed by atoms with van der Waals surface area (Å²) >= 11 is 0. The molecule has 0 saturated carbocycles. The van der Waals surface area contributed by atoms with Gasteiger partial charge in [-0.05, 0) is 78.4 Å². The lowest BCUT2D eigenvalue weighted by Crippen LogP contribution is -2.22. The maximum Gasteiger partial charge on any atom is 0.251 e. The maximum absolute atomic E-state index is 12.6. The van der Waals surface area contributed by atoms with Gasteiger partial charge in [-0.1, -0.05) is 6.07 Å². The number of imidazole rings is 1. The van der Waals surface area contributed by atoms with Gasteiger partial charge in [0.2, 0.25) is 0 Å². The van der Waals surface area contributed by atoms with Crippen molar-refractivity contribution in [1.82, 2.24) is 19.9 Å². The fourth-order valence-electron chi connectivity index (χ4n) is 3.96. The maximum atomic E-state index is 12.6. The van der Waals surface area contributed by atoms with Crippen LogP contribution in [0.2, 0.25) is 0 Å². The Balaban J connectivity index is 1.13. The Kier molecular flexibility index (Phi) is 7.79. The van der Waals surface area contributed by atoms with Crippen LogP contribution < -0.4 is 19.5 Å². The van der Waals surface area contributed by atoms with Crippen LogP contribution in [0.3, 0.4) is 0 Å². The van der Waals surface area contributed by atoms with Gasteiger partial charge in [-0.2, -0.15) is 0 Å². The zero-order chi connectivity index (χ0) is 26.2. The van der Waals surface area contributed by atoms with Gasteiger partial charge in [-0.15, -0.1) is 0 Å². The van der Waals surface area contributed by atoms with E-state index in [0.717, 1.165) is 46.0 Å². The molecule has 0 fully saturated rings. The number of nitrogens with one attached hydrogen (secondary N) is 1. The topological polar surface area (TPSA) is 87.5 Å². The Bertz CT molecular complexity index is 1480. The number of benzene rings is 3. The lowest BCUT2D eigenvalue weighted by Gasteiger charge is -2.10. The van der Waals surface area contributed by atoms with Crippen molar-refractivity contribution in [3.05, 3.63) is 109 Å². The Morgan fingerprint density at radius 3 is 2.29 bits per heavy atom. The van der Waals surface area contributed by atoms with Crippen LogP contribution >= 0.6 is 0 Å². The summed E-state index contributed by atoms with van der Waals surface area (Å²) in [4.78, 5) is 21.2. The second-order valence-electron chi connectivity index (χ2n) is 8.58. The molecule has 0 aliphatic rings. The summed E-state index contributed by atoms with van der Waals surface area (Å²) in [6.07, 6.45) is 5.96. The predicted octanol–water partition coefficient (Wildman–Crippen LogP) is 5.21. The molecule has 3 aromatic carbocycles. The van der Waals surface area contributed by atoms with Crippen molar-refractivity contribution in [2.45, 2.75) is 13.0 Å². The van der Waals surface area contributed by atoms with Crippen molar-refractivity contribution in [3.63, 3.8) is 0 Å². The van der Waals surface area contributed by atoms with Gasteiger partial charge in [-0.25, -0.2) is 4.98 Å². The summed E-state index contributed by atoms with van der Waals surface area (Å²) in [5.41, 5.74) is 4.12. The number of ether oxygens (including phenoxy) is 3. The normalized spacial score (nSPS) is 10.8. The molecule has 5 aromatic rings. The summed E-state index contributed by atoms with van der Waals surface area (Å²) in [7, 11) is 1.64. The first-order chi connectivity index (χ1) is 18.7. The molecule has 2 heterocycles. The molecule has 8 heteroatoms. The zero-order valence-corrected chi connectivity index (χ0v) is 21.0. The molecule has 0 saturated heterocycles. The van der Waals surface area contributed by atoms with Crippen molar-refractivity contribution < 1.29 is 19.0 Å². The highest BCUT2D eigenvalue weighted by atomic mass is 16.5. The smallest absolute Gasteiger partial charge is 0.251 e. The number of nitrogens with zero attached hydrogens (tertiary/aromatic N) is 3. The Morgan fingerprint density at radius 1 is 0.895 bits per heavy atom. The van der Waals surface area contributed by atoms with Crippen LogP contribution in [0.15, 0.2) is 97.6 Å². The average Bonchev–Trinajstić information content (AvgIpc) is 3.40. The SMILES string of the molecule is COc1ccc(OCCCOc2ccc(-n3cnc4cc(C(=O)NCc5cccnc5)ccc43)cc2)cc1. The minimum absolute atomic E-state index is 0.152. The fourth-order valence-corrected chi connectivity index (χ4v) is 3.96. The van der Waals surface area contributed by atoms with Gasteiger partial charge in [0.1, 0.15) is 23.6 Å². The van der Waals surface area contributed by atoms with Crippen LogP contribution in [0.25, 0.3) is 16.7 Å². The van der Waals surface area contributed by atoms with Crippen LogP contribution in [-0.2, 0) is 6.54 Å². The van der Waals surface area contributed by atoms with E-state index in [1.165, 1.54) is 0 Å². The van der Waals surface area contributed by atoms with E-state index in [9.17, 15) is 4.79 Å². The Labute approximate surface area is 220 Å². The van der Waals surface area contributed by atoms with Crippen LogP contribution in [0.1, 0.15) is 22.3 Å². The monoisotopic (exact) mass is 508 g/mol. The number of carbonyl (C=O) groups excluding carboxylic acids is 1. The van der Waals surface area contributed by atoms with Gasteiger partial charge in [0, 0.05) is 36.6 Å². The first kappa shape index (κ1) is 24.8. The van der Waals surface area contributed by atoms with Crippen molar-refractivity contribution >= 4 is 16.9 Å². The lowest BCUT2D eigenvalue weighted by molar-refractivity contribution is 0.0951. The van der Waals surface area contributed by atoms with Gasteiger partial charge in [0.15, 0.2) is 0 Å². The van der Waals surface area contributed by atoms with E-state index in [-0.39, 0.29) is 5.91 Å². The molecule has 0 spiro atoms. The number of fused-ring (bicyclic) bond motifs is 1. The summed E-state index contributed by atoms with van der Waals surface area (Å²) in [5, 5.41) is 2.92. The highest BCUT2D eigenvalue weighted by Gasteiger charge is 2.10. The molecule has 38 heavy (non-hydrogen) atoms. The molecule has 0 bridgehead atoms. The fraction of sp³-hybridized carbons (Fsp3) is 0.167. The third-order valence-electron chi connectivity index (χ3n) is 5.99. The molecule has 0 atom stereocenters. The molecule has 1 N–H and O–H groups in total. The minimum Gasteiger partial charge on any atom is -0.497 e. The number of carbonyl (C=O) groups is 1. The molecule has 8 nitrogen and oxygen atoms in total. The van der Waals surface area contributed by atoms with E-state index in [1.807, 2.05) is 77.4 Å². The van der Waals surface area contributed by atoms with E-state index in [4.69, 9.17) is 14.2 Å². The summed E-state index contributed by atoms with van der Waals surface area (Å²) < 4.78 is 18.7. The van der Waals surface area contributed by atoms with Crippen LogP contribution in [-0.4, -0.2) is 40.8 Å². The van der Waals surface area contributed by atoms with Crippen LogP contribution in [0.4, 0.5) is 0 Å². The third-order valence-corrected chi connectivity index (χ3v) is 5.99. The van der Waals surface area contributed by atoms with Crippen LogP contribution in [0.5, 0.6) is 17.2 Å². The number of amides is 1. The second-order valence-corrected chi connectivity index (χ2v) is 8.58. The van der Waals surface area contributed by atoms with E-state index >= 15 is 0 Å². The molecular weight excluding hydrogens is 480 g/mol. The Morgan fingerprint density at radius 2 is 1.61 bits per heavy atom. The number of hydrogen-bond acceptors (Lipinski definition) is 6. The summed E-state index contributed by atoms with van der Waals surface area (Å²) in [5.74, 6) is 2.24. The predicted molar refractivity (Wildman–Crippen MR) is 145 cm³/mol. The van der Waals surface area contributed by atoms with Gasteiger partial charge in [0.25, 0.3) is 5.91 Å². The van der Waals surface area contributed by atoms with Gasteiger partial charge in [0.05, 0.1) is 31.4 Å². The van der Waals surface area contributed by atoms with Gasteiger partial charge >= 0.3 is 0 Å². The summed E-state index contributed by atoms with van der Waals surface area (Å²) in [6.45, 7) is 1.54. The molecule has 5 rings (SSSR count). The molecule has 0 aliphatic heterocycles. The molecular formula is C30H28N4O4. The zero-order valence-electron chi connectivity index (χ0n) is 21.0. The van der Waals surface area contributed by atoms with Gasteiger partial charge < -0.3 is 19.5 Å². The lowest BCUT2D eigenvalue weighted by atomic mass is 10.1. The quantitative estimate of drug-likeness (QED) is 0.247. The standard InChI is InChI=1S/C30H28N4O4/c1-36-25-10-12-27(13-11-25)38-17-3-16-37-26-8-6-24(7-9-26)34-21-33-28-18-23(5-14-29(28)34)30(35)32-20-22-4-2-15-31-19-22/h2,4-15,18-19,21H,3,16-17,20H2,1H3,(H,32,35). The number of methoxy groups -OCH3 is 1. The Hall–Kier alpha value is -4.85. The number of aromatic nitrogens is 3. The highest BCUT2D eigenvalue weighted by Crippen LogP contribution is 2.22. The number of hydrogen-bond donors (Lipinski definition) is 1. The van der Waals surface area contributed by atoms with Crippen LogP contribution in [0, 0.1) is 0 Å². The molecule has 0 radical (unpaired) electrons.